The molecule has 1 aromatic rings. The summed E-state index contributed by atoms with van der Waals surface area (Å²) in [4.78, 5) is 4.70. The second kappa shape index (κ2) is 4.22. The Morgan fingerprint density at radius 1 is 1.38 bits per heavy atom. The van der Waals surface area contributed by atoms with Crippen LogP contribution in [-0.4, -0.2) is 6.61 Å². The SMILES string of the molecule is CC(C)(CON)c1ccccc1Br. The van der Waals surface area contributed by atoms with E-state index in [2.05, 4.69) is 35.8 Å². The van der Waals surface area contributed by atoms with Crippen LogP contribution in [0.25, 0.3) is 0 Å². The quantitative estimate of drug-likeness (QED) is 0.829. The molecule has 0 fully saturated rings. The van der Waals surface area contributed by atoms with Crippen molar-refractivity contribution in [3.05, 3.63) is 34.3 Å². The molecule has 0 aliphatic heterocycles. The number of hydrogen-bond acceptors (Lipinski definition) is 2. The van der Waals surface area contributed by atoms with Gasteiger partial charge in [0.2, 0.25) is 0 Å². The second-order valence-corrected chi connectivity index (χ2v) is 4.53. The van der Waals surface area contributed by atoms with Crippen LogP contribution in [0.1, 0.15) is 19.4 Å². The molecule has 0 unspecified atom stereocenters. The molecule has 0 saturated heterocycles. The summed E-state index contributed by atoms with van der Waals surface area (Å²) in [6.45, 7) is 4.70. The molecule has 0 bridgehead atoms. The highest BCUT2D eigenvalue weighted by atomic mass is 79.9. The van der Waals surface area contributed by atoms with E-state index in [-0.39, 0.29) is 5.41 Å². The van der Waals surface area contributed by atoms with Gasteiger partial charge in [0.15, 0.2) is 0 Å². The maximum atomic E-state index is 5.09. The van der Waals surface area contributed by atoms with E-state index in [9.17, 15) is 0 Å². The fraction of sp³-hybridized carbons (Fsp3) is 0.400. The minimum atomic E-state index is -0.0607. The van der Waals surface area contributed by atoms with Gasteiger partial charge in [-0.15, -0.1) is 0 Å². The van der Waals surface area contributed by atoms with Gasteiger partial charge >= 0.3 is 0 Å². The van der Waals surface area contributed by atoms with Crippen molar-refractivity contribution >= 4 is 15.9 Å². The largest absolute Gasteiger partial charge is 0.304 e. The third-order valence-electron chi connectivity index (χ3n) is 2.05. The third-order valence-corrected chi connectivity index (χ3v) is 2.74. The molecular formula is C10H14BrNO. The molecule has 0 heterocycles. The average Bonchev–Trinajstić information content (AvgIpc) is 2.04. The number of hydrogen-bond donors (Lipinski definition) is 1. The molecule has 1 rings (SSSR count). The zero-order valence-electron chi connectivity index (χ0n) is 7.88. The van der Waals surface area contributed by atoms with Gasteiger partial charge in [0.1, 0.15) is 0 Å². The lowest BCUT2D eigenvalue weighted by atomic mass is 9.86. The van der Waals surface area contributed by atoms with E-state index in [1.165, 1.54) is 5.56 Å². The van der Waals surface area contributed by atoms with Crippen LogP contribution in [0.4, 0.5) is 0 Å². The summed E-state index contributed by atoms with van der Waals surface area (Å²) in [5.74, 6) is 5.09. The molecule has 1 aromatic carbocycles. The summed E-state index contributed by atoms with van der Waals surface area (Å²) in [5, 5.41) is 0. The Balaban J connectivity index is 2.99. The third kappa shape index (κ3) is 2.53. The molecule has 0 spiro atoms. The predicted molar refractivity (Wildman–Crippen MR) is 57.3 cm³/mol. The molecule has 2 nitrogen and oxygen atoms in total. The number of nitrogens with two attached hydrogens (primary N) is 1. The molecule has 3 heteroatoms. The summed E-state index contributed by atoms with van der Waals surface area (Å²) in [7, 11) is 0. The Kier molecular flexibility index (Phi) is 3.47. The first-order chi connectivity index (χ1) is 6.08. The fourth-order valence-corrected chi connectivity index (χ4v) is 2.12. The van der Waals surface area contributed by atoms with Gasteiger partial charge in [-0.3, -0.25) is 0 Å². The van der Waals surface area contributed by atoms with Crippen LogP contribution in [0.15, 0.2) is 28.7 Å². The van der Waals surface area contributed by atoms with E-state index >= 15 is 0 Å². The van der Waals surface area contributed by atoms with E-state index in [1.807, 2.05) is 18.2 Å². The molecule has 0 aliphatic carbocycles. The normalized spacial score (nSPS) is 11.7. The van der Waals surface area contributed by atoms with Crippen molar-refractivity contribution in [2.45, 2.75) is 19.3 Å². The molecule has 0 aliphatic rings. The first kappa shape index (κ1) is 10.7. The average molecular weight is 244 g/mol. The minimum Gasteiger partial charge on any atom is -0.304 e. The molecule has 0 aromatic heterocycles. The monoisotopic (exact) mass is 243 g/mol. The first-order valence-corrected chi connectivity index (χ1v) is 4.94. The van der Waals surface area contributed by atoms with Gasteiger partial charge in [0.25, 0.3) is 0 Å². The van der Waals surface area contributed by atoms with E-state index in [1.54, 1.807) is 0 Å². The Labute approximate surface area is 87.2 Å². The van der Waals surface area contributed by atoms with Crippen LogP contribution in [0, 0.1) is 0 Å². The zero-order chi connectivity index (χ0) is 9.90. The van der Waals surface area contributed by atoms with Crippen LogP contribution in [0.2, 0.25) is 0 Å². The Morgan fingerprint density at radius 3 is 2.54 bits per heavy atom. The van der Waals surface area contributed by atoms with Crippen molar-refractivity contribution in [1.82, 2.24) is 0 Å². The van der Waals surface area contributed by atoms with Crippen molar-refractivity contribution in [3.63, 3.8) is 0 Å². The smallest absolute Gasteiger partial charge is 0.0770 e. The maximum Gasteiger partial charge on any atom is 0.0770 e. The highest BCUT2D eigenvalue weighted by molar-refractivity contribution is 9.10. The molecule has 72 valence electrons. The van der Waals surface area contributed by atoms with Crippen LogP contribution >= 0.6 is 15.9 Å². The highest BCUT2D eigenvalue weighted by Crippen LogP contribution is 2.29. The number of benzene rings is 1. The van der Waals surface area contributed by atoms with Gasteiger partial charge in [0, 0.05) is 9.89 Å². The molecule has 0 saturated carbocycles. The van der Waals surface area contributed by atoms with Crippen LogP contribution in [-0.2, 0) is 10.3 Å². The van der Waals surface area contributed by atoms with Crippen LogP contribution in [0.5, 0.6) is 0 Å². The van der Waals surface area contributed by atoms with Gasteiger partial charge < -0.3 is 4.84 Å². The van der Waals surface area contributed by atoms with Gasteiger partial charge in [-0.05, 0) is 11.6 Å². The lowest BCUT2D eigenvalue weighted by Gasteiger charge is -2.24. The van der Waals surface area contributed by atoms with Crippen LogP contribution in [0.3, 0.4) is 0 Å². The van der Waals surface area contributed by atoms with Crippen molar-refractivity contribution in [2.75, 3.05) is 6.61 Å². The molecule has 0 radical (unpaired) electrons. The van der Waals surface area contributed by atoms with E-state index in [0.29, 0.717) is 6.61 Å². The topological polar surface area (TPSA) is 35.2 Å². The molecule has 13 heavy (non-hydrogen) atoms. The maximum absolute atomic E-state index is 5.09. The lowest BCUT2D eigenvalue weighted by Crippen LogP contribution is -2.26. The summed E-state index contributed by atoms with van der Waals surface area (Å²) in [5.41, 5.74) is 1.15. The number of rotatable bonds is 3. The molecule has 2 N–H and O–H groups in total. The van der Waals surface area contributed by atoms with Crippen molar-refractivity contribution in [3.8, 4) is 0 Å². The van der Waals surface area contributed by atoms with E-state index < -0.39 is 0 Å². The summed E-state index contributed by atoms with van der Waals surface area (Å²) < 4.78 is 1.09. The molecule has 0 amide bonds. The van der Waals surface area contributed by atoms with Crippen molar-refractivity contribution in [1.29, 1.82) is 0 Å². The van der Waals surface area contributed by atoms with Crippen molar-refractivity contribution < 1.29 is 4.84 Å². The van der Waals surface area contributed by atoms with E-state index in [4.69, 9.17) is 10.7 Å². The minimum absolute atomic E-state index is 0.0607. The van der Waals surface area contributed by atoms with Gasteiger partial charge in [-0.1, -0.05) is 48.0 Å². The Morgan fingerprint density at radius 2 is 2.00 bits per heavy atom. The summed E-state index contributed by atoms with van der Waals surface area (Å²) in [6, 6.07) is 8.10. The first-order valence-electron chi connectivity index (χ1n) is 4.14. The Bertz CT molecular complexity index is 286. The van der Waals surface area contributed by atoms with Gasteiger partial charge in [-0.2, -0.15) is 0 Å². The fourth-order valence-electron chi connectivity index (χ4n) is 1.30. The van der Waals surface area contributed by atoms with Crippen molar-refractivity contribution in [2.24, 2.45) is 5.90 Å². The molecule has 0 atom stereocenters. The lowest BCUT2D eigenvalue weighted by molar-refractivity contribution is 0.0962. The zero-order valence-corrected chi connectivity index (χ0v) is 9.47. The predicted octanol–water partition coefficient (Wildman–Crippen LogP) is 2.62. The molecular weight excluding hydrogens is 230 g/mol. The standard InChI is InChI=1S/C10H14BrNO/c1-10(2,7-13-12)8-5-3-4-6-9(8)11/h3-6H,7,12H2,1-2H3. The van der Waals surface area contributed by atoms with Crippen LogP contribution < -0.4 is 5.90 Å². The second-order valence-electron chi connectivity index (χ2n) is 3.67. The number of halogens is 1. The van der Waals surface area contributed by atoms with Gasteiger partial charge in [-0.25, -0.2) is 5.90 Å². The summed E-state index contributed by atoms with van der Waals surface area (Å²) >= 11 is 3.51. The van der Waals surface area contributed by atoms with Gasteiger partial charge in [0.05, 0.1) is 6.61 Å². The van der Waals surface area contributed by atoms with E-state index in [0.717, 1.165) is 4.47 Å². The Hall–Kier alpha value is -0.380. The highest BCUT2D eigenvalue weighted by Gasteiger charge is 2.22. The summed E-state index contributed by atoms with van der Waals surface area (Å²) in [6.07, 6.45) is 0.